The van der Waals surface area contributed by atoms with Crippen LogP contribution in [0.5, 0.6) is 0 Å². The van der Waals surface area contributed by atoms with Crippen molar-refractivity contribution in [3.63, 3.8) is 0 Å². The molecule has 2 aliphatic heterocycles. The molecule has 0 unspecified atom stereocenters. The Balaban J connectivity index is 2.24. The van der Waals surface area contributed by atoms with Crippen molar-refractivity contribution in [3.05, 3.63) is 75.3 Å². The quantitative estimate of drug-likeness (QED) is 0.627. The van der Waals surface area contributed by atoms with Gasteiger partial charge in [-0.2, -0.15) is 0 Å². The molecule has 1 aromatic carbocycles. The van der Waals surface area contributed by atoms with E-state index in [1.165, 1.54) is 8.96 Å². The monoisotopic (exact) mass is 352 g/mol. The van der Waals surface area contributed by atoms with E-state index in [0.717, 1.165) is 33.4 Å². The van der Waals surface area contributed by atoms with Gasteiger partial charge in [-0.3, -0.25) is 0 Å². The van der Waals surface area contributed by atoms with E-state index in [1.807, 2.05) is 32.1 Å². The third-order valence-corrected chi connectivity index (χ3v) is 5.67. The van der Waals surface area contributed by atoms with E-state index in [4.69, 9.17) is 0 Å². The van der Waals surface area contributed by atoms with Gasteiger partial charge in [-0.1, -0.05) is 18.2 Å². The Morgan fingerprint density at radius 3 is 2.15 bits per heavy atom. The Morgan fingerprint density at radius 2 is 1.54 bits per heavy atom. The number of allylic oxidation sites excluding steroid dienone is 2. The van der Waals surface area contributed by atoms with E-state index in [9.17, 15) is 0 Å². The van der Waals surface area contributed by atoms with Crippen LogP contribution in [0.25, 0.3) is 5.57 Å². The van der Waals surface area contributed by atoms with Gasteiger partial charge in [0.15, 0.2) is 5.70 Å². The van der Waals surface area contributed by atoms with Gasteiger partial charge in [0.25, 0.3) is 0 Å². The molecule has 0 N–H and O–H groups in total. The summed E-state index contributed by atoms with van der Waals surface area (Å²) in [5.74, 6) is 0. The number of halogens is 2. The highest BCUT2D eigenvalue weighted by Crippen LogP contribution is 2.45. The second kappa shape index (κ2) is 5.29. The SMILES string of the molecule is CC1=CC(C)=[N+]2C1=C(c1c(C)cccc1C)c1c(C)cc(C)n1[B-]2(F)F. The Bertz CT molecular complexity index is 1050. The number of hydrogen-bond donors (Lipinski definition) is 0. The summed E-state index contributed by atoms with van der Waals surface area (Å²) in [6.45, 7) is 7.59. The van der Waals surface area contributed by atoms with Crippen LogP contribution in [0.3, 0.4) is 0 Å². The van der Waals surface area contributed by atoms with Crippen LogP contribution in [0.1, 0.15) is 47.5 Å². The predicted molar refractivity (Wildman–Crippen MR) is 104 cm³/mol. The van der Waals surface area contributed by atoms with Crippen molar-refractivity contribution >= 4 is 18.3 Å². The highest BCUT2D eigenvalue weighted by molar-refractivity contribution is 6.58. The molecule has 3 heterocycles. The summed E-state index contributed by atoms with van der Waals surface area (Å²) in [5.41, 5.74) is 8.48. The van der Waals surface area contributed by atoms with Gasteiger partial charge in [-0.15, -0.1) is 0 Å². The van der Waals surface area contributed by atoms with Crippen molar-refractivity contribution in [2.24, 2.45) is 0 Å². The molecule has 0 saturated heterocycles. The number of aryl methyl sites for hydroxylation is 4. The molecule has 0 atom stereocenters. The zero-order valence-corrected chi connectivity index (χ0v) is 16.1. The number of benzene rings is 1. The zero-order chi connectivity index (χ0) is 19.0. The zero-order valence-electron chi connectivity index (χ0n) is 16.1. The molecule has 134 valence electrons. The minimum Gasteiger partial charge on any atom is -0.393 e. The molecule has 2 aromatic rings. The summed E-state index contributed by atoms with van der Waals surface area (Å²) in [5, 5.41) is 0. The molecule has 0 bridgehead atoms. The van der Waals surface area contributed by atoms with Crippen LogP contribution >= 0.6 is 0 Å². The Morgan fingerprint density at radius 1 is 0.923 bits per heavy atom. The fourth-order valence-electron chi connectivity index (χ4n) is 4.74. The largest absolute Gasteiger partial charge is 0.737 e. The molecule has 0 amide bonds. The van der Waals surface area contributed by atoms with Crippen LogP contribution in [0, 0.1) is 27.7 Å². The van der Waals surface area contributed by atoms with E-state index in [2.05, 4.69) is 26.0 Å². The summed E-state index contributed by atoms with van der Waals surface area (Å²) in [4.78, 5) is 0. The molecule has 26 heavy (non-hydrogen) atoms. The maximum Gasteiger partial charge on any atom is 0.737 e. The maximum absolute atomic E-state index is 15.6. The minimum atomic E-state index is -3.91. The van der Waals surface area contributed by atoms with Gasteiger partial charge < -0.3 is 17.6 Å². The molecule has 0 aliphatic carbocycles. The predicted octanol–water partition coefficient (Wildman–Crippen LogP) is 5.15. The van der Waals surface area contributed by atoms with E-state index in [1.54, 1.807) is 13.8 Å². The van der Waals surface area contributed by atoms with Crippen LogP contribution in [-0.4, -0.2) is 21.6 Å². The van der Waals surface area contributed by atoms with Gasteiger partial charge in [-0.05, 0) is 68.6 Å². The molecule has 0 radical (unpaired) electrons. The average Bonchev–Trinajstić information content (AvgIpc) is 2.99. The number of fused-ring (bicyclic) bond motifs is 2. The summed E-state index contributed by atoms with van der Waals surface area (Å²) in [6.07, 6.45) is 1.87. The van der Waals surface area contributed by atoms with Crippen molar-refractivity contribution < 1.29 is 13.1 Å². The lowest BCUT2D eigenvalue weighted by Gasteiger charge is -2.34. The van der Waals surface area contributed by atoms with Crippen LogP contribution in [0.4, 0.5) is 8.63 Å². The number of rotatable bonds is 1. The van der Waals surface area contributed by atoms with E-state index in [-0.39, 0.29) is 0 Å². The minimum absolute atomic E-state index is 0.600. The maximum atomic E-state index is 15.6. The van der Waals surface area contributed by atoms with Crippen LogP contribution in [0.2, 0.25) is 0 Å². The Hall–Kier alpha value is -2.43. The lowest BCUT2D eigenvalue weighted by atomic mass is 9.81. The third kappa shape index (κ3) is 2.00. The van der Waals surface area contributed by atoms with Gasteiger partial charge >= 0.3 is 6.97 Å². The van der Waals surface area contributed by atoms with Gasteiger partial charge in [0, 0.05) is 24.3 Å². The van der Waals surface area contributed by atoms with Gasteiger partial charge in [0.1, 0.15) is 5.71 Å². The fourth-order valence-corrected chi connectivity index (χ4v) is 4.74. The van der Waals surface area contributed by atoms with Gasteiger partial charge in [0.2, 0.25) is 0 Å². The summed E-state index contributed by atoms with van der Waals surface area (Å²) in [6, 6.07) is 8.00. The average molecular weight is 352 g/mol. The molecule has 0 spiro atoms. The molecule has 1 aromatic heterocycles. The first-order chi connectivity index (χ1) is 12.2. The number of hydrogen-bond acceptors (Lipinski definition) is 0. The Kier molecular flexibility index (Phi) is 3.46. The standard InChI is InChI=1S/C21H23BF2N2/c1-12-8-7-9-13(2)18(12)19-20-14(3)10-16(5)25(20)22(23,24)26-17(6)11-15(4)21(19)26/h7-11H,1-6H3. The fraction of sp³-hybridized carbons (Fsp3) is 0.286. The van der Waals surface area contributed by atoms with Crippen molar-refractivity contribution in [3.8, 4) is 0 Å². The first kappa shape index (κ1) is 17.0. The van der Waals surface area contributed by atoms with Gasteiger partial charge in [-0.25, -0.2) is 0 Å². The lowest BCUT2D eigenvalue weighted by molar-refractivity contribution is -0.363. The first-order valence-electron chi connectivity index (χ1n) is 9.00. The Labute approximate surface area is 153 Å². The summed E-state index contributed by atoms with van der Waals surface area (Å²) in [7, 11) is 0. The molecule has 0 saturated carbocycles. The normalized spacial score (nSPS) is 18.2. The van der Waals surface area contributed by atoms with Crippen LogP contribution < -0.4 is 0 Å². The lowest BCUT2D eigenvalue weighted by Crippen LogP contribution is -2.51. The molecule has 2 nitrogen and oxygen atoms in total. The van der Waals surface area contributed by atoms with Gasteiger partial charge in [0.05, 0.1) is 5.57 Å². The van der Waals surface area contributed by atoms with Crippen molar-refractivity contribution in [1.82, 2.24) is 4.48 Å². The van der Waals surface area contributed by atoms with E-state index in [0.29, 0.717) is 22.8 Å². The molecule has 4 rings (SSSR count). The van der Waals surface area contributed by atoms with Crippen LogP contribution in [0.15, 0.2) is 41.6 Å². The van der Waals surface area contributed by atoms with Crippen molar-refractivity contribution in [1.29, 1.82) is 0 Å². The highest BCUT2D eigenvalue weighted by atomic mass is 19.2. The molecular weight excluding hydrogens is 329 g/mol. The smallest absolute Gasteiger partial charge is 0.393 e. The molecule has 0 fully saturated rings. The molecule has 2 aliphatic rings. The van der Waals surface area contributed by atoms with Crippen LogP contribution in [-0.2, 0) is 0 Å². The van der Waals surface area contributed by atoms with Crippen molar-refractivity contribution in [2.75, 3.05) is 0 Å². The molecular formula is C21H23BF2N2. The number of aromatic nitrogens is 1. The molecule has 5 heteroatoms. The third-order valence-electron chi connectivity index (χ3n) is 5.67. The topological polar surface area (TPSA) is 7.94 Å². The second-order valence-corrected chi connectivity index (χ2v) is 7.60. The van der Waals surface area contributed by atoms with E-state index >= 15 is 8.63 Å². The van der Waals surface area contributed by atoms with E-state index < -0.39 is 6.97 Å². The number of nitrogens with zero attached hydrogens (tertiary/aromatic N) is 2. The second-order valence-electron chi connectivity index (χ2n) is 7.60. The highest BCUT2D eigenvalue weighted by Gasteiger charge is 2.55. The summed E-state index contributed by atoms with van der Waals surface area (Å²) >= 11 is 0. The van der Waals surface area contributed by atoms with Crippen molar-refractivity contribution in [2.45, 2.75) is 41.5 Å². The summed E-state index contributed by atoms with van der Waals surface area (Å²) < 4.78 is 33.7. The first-order valence-corrected chi connectivity index (χ1v) is 9.00.